The Morgan fingerprint density at radius 1 is 1.30 bits per heavy atom. The fourth-order valence-electron chi connectivity index (χ4n) is 2.43. The van der Waals surface area contributed by atoms with E-state index in [-0.39, 0.29) is 24.4 Å². The van der Waals surface area contributed by atoms with Crippen LogP contribution in [0.1, 0.15) is 36.5 Å². The highest BCUT2D eigenvalue weighted by Gasteiger charge is 2.23. The summed E-state index contributed by atoms with van der Waals surface area (Å²) in [4.78, 5) is 25.9. The van der Waals surface area contributed by atoms with E-state index in [0.717, 1.165) is 23.9 Å². The Morgan fingerprint density at radius 2 is 2.00 bits per heavy atom. The average Bonchev–Trinajstić information content (AvgIpc) is 2.45. The van der Waals surface area contributed by atoms with Gasteiger partial charge in [0.25, 0.3) is 5.91 Å². The molecule has 1 unspecified atom stereocenters. The van der Waals surface area contributed by atoms with Crippen molar-refractivity contribution in [1.29, 1.82) is 0 Å². The molecule has 0 radical (unpaired) electrons. The highest BCUT2D eigenvalue weighted by atomic mass is 79.9. The van der Waals surface area contributed by atoms with Crippen LogP contribution >= 0.6 is 15.9 Å². The van der Waals surface area contributed by atoms with Crippen LogP contribution in [-0.4, -0.2) is 35.8 Å². The van der Waals surface area contributed by atoms with Crippen molar-refractivity contribution in [2.75, 3.05) is 13.1 Å². The molecule has 0 aromatic heterocycles. The van der Waals surface area contributed by atoms with Crippen molar-refractivity contribution >= 4 is 27.7 Å². The van der Waals surface area contributed by atoms with Crippen molar-refractivity contribution in [3.63, 3.8) is 0 Å². The fraction of sp³-hybridized carbons (Fsp3) is 0.467. The molecule has 1 aliphatic heterocycles. The molecule has 0 bridgehead atoms. The van der Waals surface area contributed by atoms with Gasteiger partial charge in [0.2, 0.25) is 5.91 Å². The molecule has 1 N–H and O–H groups in total. The van der Waals surface area contributed by atoms with Gasteiger partial charge in [-0.05, 0) is 50.5 Å². The van der Waals surface area contributed by atoms with Gasteiger partial charge < -0.3 is 10.2 Å². The van der Waals surface area contributed by atoms with Crippen molar-refractivity contribution in [1.82, 2.24) is 10.2 Å². The Kier molecular flexibility index (Phi) is 5.17. The quantitative estimate of drug-likeness (QED) is 0.920. The SMILES string of the molecule is CC1CCCCN1C(=O)CNC(=O)c1ccc(Br)cc1. The normalized spacial score (nSPS) is 18.7. The maximum atomic E-state index is 12.1. The standard InChI is InChI=1S/C15H19BrN2O2/c1-11-4-2-3-9-18(11)14(19)10-17-15(20)12-5-7-13(16)8-6-12/h5-8,11H,2-4,9-10H2,1H3,(H,17,20). The van der Waals surface area contributed by atoms with E-state index in [1.54, 1.807) is 12.1 Å². The Bertz CT molecular complexity index is 487. The molecule has 1 fully saturated rings. The molecule has 4 nitrogen and oxygen atoms in total. The highest BCUT2D eigenvalue weighted by Crippen LogP contribution is 2.16. The van der Waals surface area contributed by atoms with Crippen LogP contribution in [0.15, 0.2) is 28.7 Å². The van der Waals surface area contributed by atoms with Crippen LogP contribution in [0.5, 0.6) is 0 Å². The first-order chi connectivity index (χ1) is 9.58. The van der Waals surface area contributed by atoms with E-state index in [1.807, 2.05) is 17.0 Å². The number of amides is 2. The summed E-state index contributed by atoms with van der Waals surface area (Å²) >= 11 is 3.32. The number of rotatable bonds is 3. The molecule has 20 heavy (non-hydrogen) atoms. The molecule has 0 spiro atoms. The minimum Gasteiger partial charge on any atom is -0.343 e. The van der Waals surface area contributed by atoms with Gasteiger partial charge in [-0.3, -0.25) is 9.59 Å². The second-order valence-corrected chi connectivity index (χ2v) is 6.04. The van der Waals surface area contributed by atoms with Crippen LogP contribution in [0.4, 0.5) is 0 Å². The largest absolute Gasteiger partial charge is 0.343 e. The Balaban J connectivity index is 1.86. The maximum absolute atomic E-state index is 12.1. The van der Waals surface area contributed by atoms with Gasteiger partial charge in [0.05, 0.1) is 6.54 Å². The summed E-state index contributed by atoms with van der Waals surface area (Å²) in [5, 5.41) is 2.69. The lowest BCUT2D eigenvalue weighted by Crippen LogP contribution is -2.46. The summed E-state index contributed by atoms with van der Waals surface area (Å²) < 4.78 is 0.923. The zero-order valence-corrected chi connectivity index (χ0v) is 13.1. The molecule has 5 heteroatoms. The second-order valence-electron chi connectivity index (χ2n) is 5.12. The molecule has 2 rings (SSSR count). The first kappa shape index (κ1) is 15.0. The van der Waals surface area contributed by atoms with Gasteiger partial charge in [0.15, 0.2) is 0 Å². The molecule has 1 aromatic carbocycles. The first-order valence-electron chi connectivity index (χ1n) is 6.91. The van der Waals surface area contributed by atoms with E-state index in [4.69, 9.17) is 0 Å². The summed E-state index contributed by atoms with van der Waals surface area (Å²) in [6, 6.07) is 7.36. The molecule has 1 saturated heterocycles. The highest BCUT2D eigenvalue weighted by molar-refractivity contribution is 9.10. The lowest BCUT2D eigenvalue weighted by Gasteiger charge is -2.33. The van der Waals surface area contributed by atoms with Crippen molar-refractivity contribution in [2.45, 2.75) is 32.2 Å². The van der Waals surface area contributed by atoms with Crippen molar-refractivity contribution in [2.24, 2.45) is 0 Å². The minimum absolute atomic E-state index is 0.00246. The van der Waals surface area contributed by atoms with Crippen LogP contribution in [0.2, 0.25) is 0 Å². The van der Waals surface area contributed by atoms with Gasteiger partial charge in [-0.25, -0.2) is 0 Å². The monoisotopic (exact) mass is 338 g/mol. The predicted molar refractivity (Wildman–Crippen MR) is 81.5 cm³/mol. The van der Waals surface area contributed by atoms with Crippen LogP contribution < -0.4 is 5.32 Å². The van der Waals surface area contributed by atoms with E-state index in [1.165, 1.54) is 6.42 Å². The molecule has 0 saturated carbocycles. The molecular formula is C15H19BrN2O2. The number of piperidine rings is 1. The number of hydrogen-bond acceptors (Lipinski definition) is 2. The maximum Gasteiger partial charge on any atom is 0.251 e. The summed E-state index contributed by atoms with van der Waals surface area (Å²) in [5.41, 5.74) is 0.563. The number of halogens is 1. The minimum atomic E-state index is -0.212. The van der Waals surface area contributed by atoms with Crippen LogP contribution in [0, 0.1) is 0 Å². The second kappa shape index (κ2) is 6.88. The Morgan fingerprint density at radius 3 is 2.65 bits per heavy atom. The number of nitrogens with zero attached hydrogens (tertiary/aromatic N) is 1. The van der Waals surface area contributed by atoms with Crippen molar-refractivity contribution < 1.29 is 9.59 Å². The van der Waals surface area contributed by atoms with Crippen molar-refractivity contribution in [3.8, 4) is 0 Å². The lowest BCUT2D eigenvalue weighted by molar-refractivity contribution is -0.133. The summed E-state index contributed by atoms with van der Waals surface area (Å²) in [6.45, 7) is 2.93. The molecule has 108 valence electrons. The first-order valence-corrected chi connectivity index (χ1v) is 7.70. The molecular weight excluding hydrogens is 320 g/mol. The van der Waals surface area contributed by atoms with Gasteiger partial charge in [-0.2, -0.15) is 0 Å². The number of likely N-dealkylation sites (tertiary alicyclic amines) is 1. The third-order valence-corrected chi connectivity index (χ3v) is 4.16. The van der Waals surface area contributed by atoms with Gasteiger partial charge in [-0.15, -0.1) is 0 Å². The van der Waals surface area contributed by atoms with Gasteiger partial charge >= 0.3 is 0 Å². The third kappa shape index (κ3) is 3.82. The molecule has 1 aliphatic rings. The number of carbonyl (C=O) groups is 2. The van der Waals surface area contributed by atoms with E-state index in [2.05, 4.69) is 28.2 Å². The Labute approximate surface area is 127 Å². The summed E-state index contributed by atoms with van der Waals surface area (Å²) in [6.07, 6.45) is 3.28. The van der Waals surface area contributed by atoms with E-state index < -0.39 is 0 Å². The topological polar surface area (TPSA) is 49.4 Å². The Hall–Kier alpha value is -1.36. The average molecular weight is 339 g/mol. The van der Waals surface area contributed by atoms with Crippen LogP contribution in [0.3, 0.4) is 0 Å². The van der Waals surface area contributed by atoms with E-state index in [9.17, 15) is 9.59 Å². The van der Waals surface area contributed by atoms with Gasteiger partial charge in [0, 0.05) is 22.6 Å². The number of carbonyl (C=O) groups excluding carboxylic acids is 2. The summed E-state index contributed by atoms with van der Waals surface area (Å²) in [7, 11) is 0. The van der Waals surface area contributed by atoms with E-state index in [0.29, 0.717) is 5.56 Å². The molecule has 1 heterocycles. The zero-order chi connectivity index (χ0) is 14.5. The van der Waals surface area contributed by atoms with E-state index >= 15 is 0 Å². The molecule has 2 amide bonds. The molecule has 0 aliphatic carbocycles. The zero-order valence-electron chi connectivity index (χ0n) is 11.6. The molecule has 1 atom stereocenters. The molecule has 1 aromatic rings. The van der Waals surface area contributed by atoms with Crippen LogP contribution in [0.25, 0.3) is 0 Å². The van der Waals surface area contributed by atoms with Gasteiger partial charge in [-0.1, -0.05) is 15.9 Å². The predicted octanol–water partition coefficient (Wildman–Crippen LogP) is 2.58. The lowest BCUT2D eigenvalue weighted by atomic mass is 10.0. The van der Waals surface area contributed by atoms with Gasteiger partial charge in [0.1, 0.15) is 0 Å². The number of benzene rings is 1. The smallest absolute Gasteiger partial charge is 0.251 e. The third-order valence-electron chi connectivity index (χ3n) is 3.63. The number of nitrogens with one attached hydrogen (secondary N) is 1. The number of hydrogen-bond donors (Lipinski definition) is 1. The van der Waals surface area contributed by atoms with Crippen molar-refractivity contribution in [3.05, 3.63) is 34.3 Å². The fourth-order valence-corrected chi connectivity index (χ4v) is 2.69. The summed E-state index contributed by atoms with van der Waals surface area (Å²) in [5.74, 6) is -0.210. The van der Waals surface area contributed by atoms with Crippen LogP contribution in [-0.2, 0) is 4.79 Å².